The van der Waals surface area contributed by atoms with Gasteiger partial charge in [-0.05, 0) is 24.2 Å². The Morgan fingerprint density at radius 1 is 1.17 bits per heavy atom. The first-order valence-corrected chi connectivity index (χ1v) is 6.88. The fourth-order valence-electron chi connectivity index (χ4n) is 2.29. The third kappa shape index (κ3) is 3.37. The van der Waals surface area contributed by atoms with E-state index in [-0.39, 0.29) is 0 Å². The van der Waals surface area contributed by atoms with Crippen LogP contribution in [0, 0.1) is 0 Å². The highest BCUT2D eigenvalue weighted by Gasteiger charge is 2.16. The number of piperazine rings is 1. The van der Waals surface area contributed by atoms with Crippen LogP contribution in [0.4, 0.5) is 0 Å². The van der Waals surface area contributed by atoms with Gasteiger partial charge in [0.2, 0.25) is 0 Å². The molecule has 0 bridgehead atoms. The summed E-state index contributed by atoms with van der Waals surface area (Å²) in [5, 5.41) is 0.798. The van der Waals surface area contributed by atoms with Gasteiger partial charge in [-0.25, -0.2) is 0 Å². The molecule has 3 nitrogen and oxygen atoms in total. The molecule has 0 N–H and O–H groups in total. The lowest BCUT2D eigenvalue weighted by Gasteiger charge is -2.34. The summed E-state index contributed by atoms with van der Waals surface area (Å²) >= 11 is 6.27. The van der Waals surface area contributed by atoms with E-state index in [4.69, 9.17) is 16.3 Å². The second kappa shape index (κ2) is 6.41. The van der Waals surface area contributed by atoms with E-state index in [1.807, 2.05) is 12.1 Å². The molecule has 1 heterocycles. The predicted molar refractivity (Wildman–Crippen MR) is 75.4 cm³/mol. The van der Waals surface area contributed by atoms with Crippen molar-refractivity contribution in [1.82, 2.24) is 9.80 Å². The van der Waals surface area contributed by atoms with Crippen LogP contribution in [0.5, 0.6) is 5.75 Å². The first-order chi connectivity index (χ1) is 8.72. The van der Waals surface area contributed by atoms with Crippen molar-refractivity contribution in [3.8, 4) is 5.75 Å². The smallest absolute Gasteiger partial charge is 0.120 e. The molecule has 1 aliphatic rings. The summed E-state index contributed by atoms with van der Waals surface area (Å²) in [4.78, 5) is 4.94. The van der Waals surface area contributed by atoms with Gasteiger partial charge in [0.1, 0.15) is 5.75 Å². The predicted octanol–water partition coefficient (Wildman–Crippen LogP) is 2.49. The number of likely N-dealkylation sites (N-methyl/N-ethyl adjacent to an activating group) is 1. The topological polar surface area (TPSA) is 15.7 Å². The molecule has 1 aromatic carbocycles. The second-order valence-corrected chi connectivity index (χ2v) is 5.07. The maximum absolute atomic E-state index is 6.27. The molecule has 0 atom stereocenters. The molecule has 1 aromatic rings. The van der Waals surface area contributed by atoms with Crippen LogP contribution < -0.4 is 4.74 Å². The molecule has 4 heteroatoms. The number of benzene rings is 1. The summed E-state index contributed by atoms with van der Waals surface area (Å²) < 4.78 is 5.16. The third-order valence-corrected chi connectivity index (χ3v) is 3.92. The Labute approximate surface area is 114 Å². The minimum Gasteiger partial charge on any atom is -0.497 e. The van der Waals surface area contributed by atoms with Crippen molar-refractivity contribution in [2.45, 2.75) is 13.5 Å². The normalized spacial score (nSPS) is 17.9. The SMILES string of the molecule is CCN1CCN(Cc2ccc(OC)cc2Cl)CC1. The van der Waals surface area contributed by atoms with E-state index in [9.17, 15) is 0 Å². The van der Waals surface area contributed by atoms with Gasteiger partial charge >= 0.3 is 0 Å². The van der Waals surface area contributed by atoms with Gasteiger partial charge in [0, 0.05) is 37.7 Å². The lowest BCUT2D eigenvalue weighted by molar-refractivity contribution is 0.132. The molecule has 1 saturated heterocycles. The highest BCUT2D eigenvalue weighted by Crippen LogP contribution is 2.23. The second-order valence-electron chi connectivity index (χ2n) is 4.67. The first-order valence-electron chi connectivity index (χ1n) is 6.50. The summed E-state index contributed by atoms with van der Waals surface area (Å²) in [6.45, 7) is 8.86. The van der Waals surface area contributed by atoms with Crippen LogP contribution in [0.15, 0.2) is 18.2 Å². The zero-order chi connectivity index (χ0) is 13.0. The molecule has 2 rings (SSSR count). The number of halogens is 1. The molecular weight excluding hydrogens is 248 g/mol. The average Bonchev–Trinajstić information content (AvgIpc) is 2.42. The molecule has 100 valence electrons. The molecule has 18 heavy (non-hydrogen) atoms. The van der Waals surface area contributed by atoms with E-state index >= 15 is 0 Å². The van der Waals surface area contributed by atoms with Gasteiger partial charge < -0.3 is 9.64 Å². The largest absolute Gasteiger partial charge is 0.497 e. The number of rotatable bonds is 4. The molecule has 0 unspecified atom stereocenters. The quantitative estimate of drug-likeness (QED) is 0.835. The van der Waals surface area contributed by atoms with E-state index in [2.05, 4.69) is 22.8 Å². The molecule has 1 fully saturated rings. The number of hydrogen-bond donors (Lipinski definition) is 0. The van der Waals surface area contributed by atoms with Gasteiger partial charge in [0.25, 0.3) is 0 Å². The summed E-state index contributed by atoms with van der Waals surface area (Å²) in [6, 6.07) is 5.93. The van der Waals surface area contributed by atoms with E-state index in [0.717, 1.165) is 50.0 Å². The lowest BCUT2D eigenvalue weighted by Crippen LogP contribution is -2.45. The summed E-state index contributed by atoms with van der Waals surface area (Å²) in [5.41, 5.74) is 1.18. The van der Waals surface area contributed by atoms with Crippen LogP contribution in [0.1, 0.15) is 12.5 Å². The summed E-state index contributed by atoms with van der Waals surface area (Å²) in [7, 11) is 1.66. The van der Waals surface area contributed by atoms with E-state index in [1.165, 1.54) is 5.56 Å². The zero-order valence-corrected chi connectivity index (χ0v) is 11.9. The summed E-state index contributed by atoms with van der Waals surface area (Å²) in [5.74, 6) is 0.819. The standard InChI is InChI=1S/C14H21ClN2O/c1-3-16-6-8-17(9-7-16)11-12-4-5-13(18-2)10-14(12)15/h4-5,10H,3,6-9,11H2,1-2H3. The van der Waals surface area contributed by atoms with Crippen LogP contribution >= 0.6 is 11.6 Å². The fourth-order valence-corrected chi connectivity index (χ4v) is 2.52. The molecule has 0 saturated carbocycles. The van der Waals surface area contributed by atoms with E-state index in [0.29, 0.717) is 0 Å². The van der Waals surface area contributed by atoms with Crippen LogP contribution in [-0.4, -0.2) is 49.6 Å². The van der Waals surface area contributed by atoms with Gasteiger partial charge in [-0.1, -0.05) is 24.6 Å². The van der Waals surface area contributed by atoms with Gasteiger partial charge in [0.15, 0.2) is 0 Å². The molecule has 0 radical (unpaired) electrons. The Morgan fingerprint density at radius 2 is 1.83 bits per heavy atom. The number of hydrogen-bond acceptors (Lipinski definition) is 3. The average molecular weight is 269 g/mol. The Balaban J connectivity index is 1.94. The van der Waals surface area contributed by atoms with Crippen molar-refractivity contribution in [2.24, 2.45) is 0 Å². The molecule has 0 aliphatic carbocycles. The number of methoxy groups -OCH3 is 1. The minimum absolute atomic E-state index is 0.798. The molecule has 1 aliphatic heterocycles. The Hall–Kier alpha value is -0.770. The minimum atomic E-state index is 0.798. The van der Waals surface area contributed by atoms with Gasteiger partial charge in [0.05, 0.1) is 7.11 Å². The highest BCUT2D eigenvalue weighted by atomic mass is 35.5. The molecule has 0 aromatic heterocycles. The molecular formula is C14H21ClN2O. The van der Waals surface area contributed by atoms with Crippen molar-refractivity contribution in [3.05, 3.63) is 28.8 Å². The van der Waals surface area contributed by atoms with Gasteiger partial charge in [-0.3, -0.25) is 4.90 Å². The van der Waals surface area contributed by atoms with E-state index in [1.54, 1.807) is 7.11 Å². The van der Waals surface area contributed by atoms with Gasteiger partial charge in [-0.2, -0.15) is 0 Å². The van der Waals surface area contributed by atoms with Crippen molar-refractivity contribution >= 4 is 11.6 Å². The van der Waals surface area contributed by atoms with Crippen LogP contribution in [0.3, 0.4) is 0 Å². The van der Waals surface area contributed by atoms with Crippen LogP contribution in [-0.2, 0) is 6.54 Å². The Bertz CT molecular complexity index is 389. The van der Waals surface area contributed by atoms with Crippen molar-refractivity contribution < 1.29 is 4.74 Å². The van der Waals surface area contributed by atoms with Crippen LogP contribution in [0.2, 0.25) is 5.02 Å². The van der Waals surface area contributed by atoms with Crippen molar-refractivity contribution in [3.63, 3.8) is 0 Å². The Kier molecular flexibility index (Phi) is 4.87. The van der Waals surface area contributed by atoms with Crippen molar-refractivity contribution in [1.29, 1.82) is 0 Å². The first kappa shape index (κ1) is 13.7. The monoisotopic (exact) mass is 268 g/mol. The summed E-state index contributed by atoms with van der Waals surface area (Å²) in [6.07, 6.45) is 0. The maximum atomic E-state index is 6.27. The van der Waals surface area contributed by atoms with Crippen LogP contribution in [0.25, 0.3) is 0 Å². The number of ether oxygens (including phenoxy) is 1. The lowest BCUT2D eigenvalue weighted by atomic mass is 10.2. The zero-order valence-electron chi connectivity index (χ0n) is 11.2. The van der Waals surface area contributed by atoms with Gasteiger partial charge in [-0.15, -0.1) is 0 Å². The number of nitrogens with zero attached hydrogens (tertiary/aromatic N) is 2. The Morgan fingerprint density at radius 3 is 2.39 bits per heavy atom. The van der Waals surface area contributed by atoms with E-state index < -0.39 is 0 Å². The fraction of sp³-hybridized carbons (Fsp3) is 0.571. The highest BCUT2D eigenvalue weighted by molar-refractivity contribution is 6.31. The molecule has 0 spiro atoms. The molecule has 0 amide bonds. The maximum Gasteiger partial charge on any atom is 0.120 e. The third-order valence-electron chi connectivity index (χ3n) is 3.57. The van der Waals surface area contributed by atoms with Crippen molar-refractivity contribution in [2.75, 3.05) is 39.8 Å².